The van der Waals surface area contributed by atoms with Crippen LogP contribution in [0.3, 0.4) is 0 Å². The Bertz CT molecular complexity index is 1070. The summed E-state index contributed by atoms with van der Waals surface area (Å²) in [6.07, 6.45) is 4.26. The molecular formula is C21H23N3O2S2. The lowest BCUT2D eigenvalue weighted by atomic mass is 9.97. The summed E-state index contributed by atoms with van der Waals surface area (Å²) < 4.78 is 1.67. The van der Waals surface area contributed by atoms with Crippen molar-refractivity contribution in [2.75, 3.05) is 6.54 Å². The minimum Gasteiger partial charge on any atom is -0.355 e. The number of amides is 1. The summed E-state index contributed by atoms with van der Waals surface area (Å²) in [7, 11) is 0. The molecule has 2 aromatic heterocycles. The number of thioether (sulfide) groups is 1. The quantitative estimate of drug-likeness (QED) is 0.508. The van der Waals surface area contributed by atoms with Gasteiger partial charge in [-0.25, -0.2) is 4.98 Å². The van der Waals surface area contributed by atoms with Gasteiger partial charge in [0, 0.05) is 11.4 Å². The smallest absolute Gasteiger partial charge is 0.267 e. The van der Waals surface area contributed by atoms with Crippen LogP contribution in [0.4, 0.5) is 0 Å². The van der Waals surface area contributed by atoms with Crippen LogP contribution in [0.1, 0.15) is 37.1 Å². The van der Waals surface area contributed by atoms with Crippen LogP contribution in [0, 0.1) is 0 Å². The summed E-state index contributed by atoms with van der Waals surface area (Å²) in [6, 6.07) is 9.58. The maximum Gasteiger partial charge on any atom is 0.267 e. The van der Waals surface area contributed by atoms with Crippen molar-refractivity contribution in [1.82, 2.24) is 14.9 Å². The highest BCUT2D eigenvalue weighted by Crippen LogP contribution is 2.35. The van der Waals surface area contributed by atoms with E-state index in [9.17, 15) is 9.59 Å². The first kappa shape index (κ1) is 19.2. The number of carbonyl (C=O) groups excluding carboxylic acids is 1. The highest BCUT2D eigenvalue weighted by Gasteiger charge is 2.24. The molecule has 1 aromatic carbocycles. The molecule has 3 aromatic rings. The van der Waals surface area contributed by atoms with Gasteiger partial charge in [0.1, 0.15) is 4.83 Å². The van der Waals surface area contributed by atoms with Gasteiger partial charge in [0.2, 0.25) is 5.91 Å². The number of aromatic nitrogens is 2. The van der Waals surface area contributed by atoms with Gasteiger partial charge in [-0.3, -0.25) is 14.2 Å². The minimum atomic E-state index is -0.339. The Morgan fingerprint density at radius 3 is 2.79 bits per heavy atom. The van der Waals surface area contributed by atoms with E-state index in [0.717, 1.165) is 35.2 Å². The topological polar surface area (TPSA) is 64.0 Å². The van der Waals surface area contributed by atoms with E-state index in [-0.39, 0.29) is 16.7 Å². The van der Waals surface area contributed by atoms with Gasteiger partial charge >= 0.3 is 0 Å². The van der Waals surface area contributed by atoms with Crippen LogP contribution in [-0.2, 0) is 17.6 Å². The molecule has 0 aliphatic heterocycles. The number of para-hydroxylation sites is 1. The number of fused-ring (bicyclic) bond motifs is 3. The van der Waals surface area contributed by atoms with Crippen LogP contribution < -0.4 is 10.9 Å². The predicted molar refractivity (Wildman–Crippen MR) is 116 cm³/mol. The largest absolute Gasteiger partial charge is 0.355 e. The second kappa shape index (κ2) is 8.09. The monoisotopic (exact) mass is 413 g/mol. The van der Waals surface area contributed by atoms with Gasteiger partial charge in [-0.2, -0.15) is 0 Å². The maximum atomic E-state index is 13.6. The van der Waals surface area contributed by atoms with Gasteiger partial charge in [0.25, 0.3) is 5.56 Å². The Hall–Kier alpha value is -2.12. The Morgan fingerprint density at radius 1 is 1.29 bits per heavy atom. The van der Waals surface area contributed by atoms with Crippen LogP contribution in [0.5, 0.6) is 0 Å². The van der Waals surface area contributed by atoms with E-state index >= 15 is 0 Å². The van der Waals surface area contributed by atoms with Gasteiger partial charge in [-0.1, -0.05) is 30.0 Å². The van der Waals surface area contributed by atoms with E-state index in [4.69, 9.17) is 4.98 Å². The fourth-order valence-electron chi connectivity index (χ4n) is 3.60. The van der Waals surface area contributed by atoms with Crippen molar-refractivity contribution < 1.29 is 4.79 Å². The summed E-state index contributed by atoms with van der Waals surface area (Å²) >= 11 is 2.97. The number of hydrogen-bond donors (Lipinski definition) is 1. The van der Waals surface area contributed by atoms with Crippen LogP contribution in [0.2, 0.25) is 0 Å². The summed E-state index contributed by atoms with van der Waals surface area (Å²) in [5, 5.41) is 3.84. The van der Waals surface area contributed by atoms with Gasteiger partial charge in [-0.15, -0.1) is 11.3 Å². The third kappa shape index (κ3) is 3.49. The van der Waals surface area contributed by atoms with Crippen molar-refractivity contribution in [3.8, 4) is 5.69 Å². The van der Waals surface area contributed by atoms with E-state index in [1.165, 1.54) is 28.6 Å². The average Bonchev–Trinajstić information content (AvgIpc) is 3.07. The van der Waals surface area contributed by atoms with Crippen molar-refractivity contribution >= 4 is 39.2 Å². The molecule has 4 rings (SSSR count). The number of carbonyl (C=O) groups is 1. The number of nitrogens with one attached hydrogen (secondary N) is 1. The zero-order valence-corrected chi connectivity index (χ0v) is 17.7. The van der Waals surface area contributed by atoms with Gasteiger partial charge in [-0.05, 0) is 57.2 Å². The Kier molecular flexibility index (Phi) is 5.55. The van der Waals surface area contributed by atoms with Crippen molar-refractivity contribution in [3.63, 3.8) is 0 Å². The third-order valence-electron chi connectivity index (χ3n) is 4.97. The van der Waals surface area contributed by atoms with E-state index in [2.05, 4.69) is 5.32 Å². The molecule has 0 spiro atoms. The van der Waals surface area contributed by atoms with Crippen LogP contribution >= 0.6 is 23.1 Å². The van der Waals surface area contributed by atoms with Crippen LogP contribution in [0.25, 0.3) is 15.9 Å². The molecule has 0 saturated heterocycles. The van der Waals surface area contributed by atoms with E-state index in [1.807, 2.05) is 44.2 Å². The minimum absolute atomic E-state index is 0.0267. The maximum absolute atomic E-state index is 13.6. The lowest BCUT2D eigenvalue weighted by Crippen LogP contribution is -2.31. The molecule has 1 aliphatic carbocycles. The molecule has 28 heavy (non-hydrogen) atoms. The van der Waals surface area contributed by atoms with Gasteiger partial charge < -0.3 is 5.32 Å². The molecule has 1 aliphatic rings. The molecule has 0 fully saturated rings. The molecule has 0 bridgehead atoms. The summed E-state index contributed by atoms with van der Waals surface area (Å²) in [6.45, 7) is 4.33. The van der Waals surface area contributed by atoms with Crippen molar-refractivity contribution in [3.05, 3.63) is 51.1 Å². The number of rotatable bonds is 5. The molecule has 0 unspecified atom stereocenters. The summed E-state index contributed by atoms with van der Waals surface area (Å²) in [5.74, 6) is -0.0491. The molecule has 146 valence electrons. The predicted octanol–water partition coefficient (Wildman–Crippen LogP) is 3.94. The second-order valence-corrected chi connectivity index (χ2v) is 9.31. The van der Waals surface area contributed by atoms with Crippen molar-refractivity contribution in [1.29, 1.82) is 0 Å². The van der Waals surface area contributed by atoms with Crippen molar-refractivity contribution in [2.24, 2.45) is 0 Å². The van der Waals surface area contributed by atoms with Crippen LogP contribution in [0.15, 0.2) is 40.3 Å². The molecule has 7 heteroatoms. The highest BCUT2D eigenvalue weighted by molar-refractivity contribution is 8.00. The fourth-order valence-corrected chi connectivity index (χ4v) is 5.85. The van der Waals surface area contributed by atoms with Gasteiger partial charge in [0.15, 0.2) is 5.16 Å². The molecule has 2 heterocycles. The molecule has 0 radical (unpaired) electrons. The number of aryl methyl sites for hydroxylation is 2. The molecule has 0 saturated carbocycles. The first-order chi connectivity index (χ1) is 13.6. The number of hydrogen-bond acceptors (Lipinski definition) is 5. The molecule has 5 nitrogen and oxygen atoms in total. The summed E-state index contributed by atoms with van der Waals surface area (Å²) in [4.78, 5) is 32.8. The lowest BCUT2D eigenvalue weighted by molar-refractivity contribution is -0.120. The SMILES string of the molecule is CCNC(=O)[C@@H](C)Sc1nc2sc3c(c2c(=O)n1-c1ccccc1)CCCC3. The molecule has 1 amide bonds. The molecule has 1 atom stereocenters. The Morgan fingerprint density at radius 2 is 2.04 bits per heavy atom. The second-order valence-electron chi connectivity index (χ2n) is 6.92. The van der Waals surface area contributed by atoms with E-state index < -0.39 is 0 Å². The first-order valence-electron chi connectivity index (χ1n) is 9.67. The first-order valence-corrected chi connectivity index (χ1v) is 11.4. The lowest BCUT2D eigenvalue weighted by Gasteiger charge is -2.16. The van der Waals surface area contributed by atoms with E-state index in [0.29, 0.717) is 11.7 Å². The van der Waals surface area contributed by atoms with Crippen molar-refractivity contribution in [2.45, 2.75) is 49.9 Å². The third-order valence-corrected chi connectivity index (χ3v) is 7.21. The average molecular weight is 414 g/mol. The normalized spacial score (nSPS) is 14.6. The Labute approximate surface area is 172 Å². The number of thiophene rings is 1. The van der Waals surface area contributed by atoms with E-state index in [1.54, 1.807) is 15.9 Å². The zero-order valence-electron chi connectivity index (χ0n) is 16.0. The van der Waals surface area contributed by atoms with Gasteiger partial charge in [0.05, 0.1) is 16.3 Å². The fraction of sp³-hybridized carbons (Fsp3) is 0.381. The highest BCUT2D eigenvalue weighted by atomic mass is 32.2. The number of benzene rings is 1. The summed E-state index contributed by atoms with van der Waals surface area (Å²) in [5.41, 5.74) is 1.94. The van der Waals surface area contributed by atoms with Crippen LogP contribution in [-0.4, -0.2) is 27.3 Å². The zero-order chi connectivity index (χ0) is 19.7. The standard InChI is InChI=1S/C21H23N3O2S2/c1-3-22-18(25)13(2)27-21-23-19-17(15-11-7-8-12-16(15)28-19)20(26)24(21)14-9-5-4-6-10-14/h4-6,9-10,13H,3,7-8,11-12H2,1-2H3,(H,22,25)/t13-/m1/s1. The molecular weight excluding hydrogens is 390 g/mol. The Balaban J connectivity index is 1.90. The molecule has 1 N–H and O–H groups in total. The number of nitrogens with zero attached hydrogens (tertiary/aromatic N) is 2.